The number of nitrogens with one attached hydrogen (secondary N) is 1. The number of esters is 1. The largest absolute Gasteiger partial charge is 0.452 e. The molecule has 0 aliphatic carbocycles. The first kappa shape index (κ1) is 22.0. The standard InChI is InChI=1S/C24H19N3O5S/c25-15-19-7-1-3-10-21(19)26-23(28)16-32-24(29)18-8-5-9-20(14-18)33(30,31)27-13-12-17-6-2-4-11-22(17)27/h1-11,14H,12-13,16H2,(H,26,28). The molecular formula is C24H19N3O5S. The van der Waals surface area contributed by atoms with Crippen molar-refractivity contribution in [3.8, 4) is 6.07 Å². The molecule has 0 bridgehead atoms. The zero-order chi connectivity index (χ0) is 23.4. The van der Waals surface area contributed by atoms with Crippen molar-refractivity contribution >= 4 is 33.3 Å². The summed E-state index contributed by atoms with van der Waals surface area (Å²) in [5.74, 6) is -1.46. The second kappa shape index (κ2) is 9.14. The number of fused-ring (bicyclic) bond motifs is 1. The van der Waals surface area contributed by atoms with Gasteiger partial charge < -0.3 is 10.1 Å². The van der Waals surface area contributed by atoms with Crippen LogP contribution in [0.4, 0.5) is 11.4 Å². The van der Waals surface area contributed by atoms with Gasteiger partial charge in [-0.25, -0.2) is 13.2 Å². The highest BCUT2D eigenvalue weighted by Crippen LogP contribution is 2.32. The maximum absolute atomic E-state index is 13.2. The Hall–Kier alpha value is -4.16. The Balaban J connectivity index is 1.45. The monoisotopic (exact) mass is 461 g/mol. The predicted molar refractivity (Wildman–Crippen MR) is 121 cm³/mol. The van der Waals surface area contributed by atoms with Crippen LogP contribution in [0.1, 0.15) is 21.5 Å². The molecule has 4 rings (SSSR count). The lowest BCUT2D eigenvalue weighted by Gasteiger charge is -2.19. The van der Waals surface area contributed by atoms with Crippen molar-refractivity contribution in [3.63, 3.8) is 0 Å². The average Bonchev–Trinajstić information content (AvgIpc) is 3.28. The summed E-state index contributed by atoms with van der Waals surface area (Å²) in [6.45, 7) is -0.268. The van der Waals surface area contributed by atoms with Crippen LogP contribution in [0.2, 0.25) is 0 Å². The SMILES string of the molecule is N#Cc1ccccc1NC(=O)COC(=O)c1cccc(S(=O)(=O)N2CCc3ccccc32)c1. The summed E-state index contributed by atoms with van der Waals surface area (Å²) in [6, 6.07) is 21.2. The number of benzene rings is 3. The van der Waals surface area contributed by atoms with Crippen LogP contribution < -0.4 is 9.62 Å². The quantitative estimate of drug-likeness (QED) is 0.564. The molecule has 0 aromatic heterocycles. The third-order valence-corrected chi connectivity index (χ3v) is 6.97. The molecular weight excluding hydrogens is 442 g/mol. The molecule has 0 spiro atoms. The van der Waals surface area contributed by atoms with E-state index in [2.05, 4.69) is 5.32 Å². The first-order valence-electron chi connectivity index (χ1n) is 10.1. The molecule has 0 saturated carbocycles. The van der Waals surface area contributed by atoms with E-state index in [9.17, 15) is 18.0 Å². The van der Waals surface area contributed by atoms with Crippen LogP contribution in [-0.4, -0.2) is 33.4 Å². The highest BCUT2D eigenvalue weighted by Gasteiger charge is 2.31. The number of carbonyl (C=O) groups is 2. The zero-order valence-electron chi connectivity index (χ0n) is 17.4. The minimum Gasteiger partial charge on any atom is -0.452 e. The van der Waals surface area contributed by atoms with Crippen molar-refractivity contribution in [2.75, 3.05) is 22.8 Å². The molecule has 0 radical (unpaired) electrons. The smallest absolute Gasteiger partial charge is 0.338 e. The van der Waals surface area contributed by atoms with E-state index in [1.165, 1.54) is 28.6 Å². The summed E-state index contributed by atoms with van der Waals surface area (Å²) >= 11 is 0. The number of ether oxygens (including phenoxy) is 1. The summed E-state index contributed by atoms with van der Waals surface area (Å²) in [4.78, 5) is 24.6. The van der Waals surface area contributed by atoms with E-state index in [0.29, 0.717) is 24.3 Å². The molecule has 3 aromatic carbocycles. The van der Waals surface area contributed by atoms with E-state index < -0.39 is 28.5 Å². The molecule has 9 heteroatoms. The third kappa shape index (κ3) is 4.56. The summed E-state index contributed by atoms with van der Waals surface area (Å²) in [5.41, 5.74) is 2.16. The van der Waals surface area contributed by atoms with Crippen molar-refractivity contribution in [2.24, 2.45) is 0 Å². The highest BCUT2D eigenvalue weighted by atomic mass is 32.2. The van der Waals surface area contributed by atoms with Gasteiger partial charge in [0.1, 0.15) is 6.07 Å². The fourth-order valence-electron chi connectivity index (χ4n) is 3.56. The van der Waals surface area contributed by atoms with Crippen molar-refractivity contribution in [3.05, 3.63) is 89.5 Å². The normalized spacial score (nSPS) is 12.5. The lowest BCUT2D eigenvalue weighted by atomic mass is 10.2. The number of nitrogens with zero attached hydrogens (tertiary/aromatic N) is 2. The number of rotatable bonds is 6. The van der Waals surface area contributed by atoms with Crippen molar-refractivity contribution in [1.29, 1.82) is 5.26 Å². The molecule has 0 unspecified atom stereocenters. The topological polar surface area (TPSA) is 117 Å². The average molecular weight is 461 g/mol. The lowest BCUT2D eigenvalue weighted by molar-refractivity contribution is -0.119. The predicted octanol–water partition coefficient (Wildman–Crippen LogP) is 3.11. The minimum atomic E-state index is -3.87. The van der Waals surface area contributed by atoms with Gasteiger partial charge >= 0.3 is 5.97 Å². The second-order valence-corrected chi connectivity index (χ2v) is 9.13. The number of para-hydroxylation sites is 2. The van der Waals surface area contributed by atoms with Gasteiger partial charge in [-0.2, -0.15) is 5.26 Å². The molecule has 1 N–H and O–H groups in total. The molecule has 166 valence electrons. The van der Waals surface area contributed by atoms with Gasteiger partial charge in [0.05, 0.1) is 27.4 Å². The van der Waals surface area contributed by atoms with Crippen molar-refractivity contribution < 1.29 is 22.7 Å². The molecule has 1 heterocycles. The molecule has 8 nitrogen and oxygen atoms in total. The Morgan fingerprint density at radius 1 is 1.03 bits per heavy atom. The van der Waals surface area contributed by atoms with E-state index >= 15 is 0 Å². The number of hydrogen-bond donors (Lipinski definition) is 1. The Labute approximate surface area is 191 Å². The molecule has 1 amide bonds. The van der Waals surface area contributed by atoms with Crippen LogP contribution in [0.15, 0.2) is 77.7 Å². The minimum absolute atomic E-state index is 0.00813. The zero-order valence-corrected chi connectivity index (χ0v) is 18.2. The van der Waals surface area contributed by atoms with E-state index in [1.54, 1.807) is 36.4 Å². The maximum atomic E-state index is 13.2. The number of amides is 1. The third-order valence-electron chi connectivity index (χ3n) is 5.16. The van der Waals surface area contributed by atoms with E-state index in [0.717, 1.165) is 5.56 Å². The fraction of sp³-hybridized carbons (Fsp3) is 0.125. The first-order chi connectivity index (χ1) is 15.9. The summed E-state index contributed by atoms with van der Waals surface area (Å²) in [7, 11) is -3.87. The highest BCUT2D eigenvalue weighted by molar-refractivity contribution is 7.92. The Bertz CT molecular complexity index is 1380. The number of hydrogen-bond acceptors (Lipinski definition) is 6. The number of carbonyl (C=O) groups excluding carboxylic acids is 2. The Morgan fingerprint density at radius 2 is 1.79 bits per heavy atom. The van der Waals surface area contributed by atoms with Crippen molar-refractivity contribution in [1.82, 2.24) is 0 Å². The summed E-state index contributed by atoms with van der Waals surface area (Å²) in [5, 5.41) is 11.6. The van der Waals surface area contributed by atoms with E-state index in [1.807, 2.05) is 18.2 Å². The van der Waals surface area contributed by atoms with Crippen LogP contribution >= 0.6 is 0 Å². The van der Waals surface area contributed by atoms with Gasteiger partial charge in [0, 0.05) is 6.54 Å². The molecule has 0 saturated heterocycles. The summed E-state index contributed by atoms with van der Waals surface area (Å²) < 4.78 is 32.7. The fourth-order valence-corrected chi connectivity index (χ4v) is 5.11. The number of anilines is 2. The number of nitriles is 1. The Morgan fingerprint density at radius 3 is 2.61 bits per heavy atom. The Kier molecular flexibility index (Phi) is 6.11. The van der Waals surface area contributed by atoms with Gasteiger partial charge in [0.25, 0.3) is 15.9 Å². The summed E-state index contributed by atoms with van der Waals surface area (Å²) in [6.07, 6.45) is 0.612. The van der Waals surface area contributed by atoms with Gasteiger partial charge in [0.15, 0.2) is 6.61 Å². The molecule has 0 atom stereocenters. The lowest BCUT2D eigenvalue weighted by Crippen LogP contribution is -2.29. The molecule has 1 aliphatic heterocycles. The van der Waals surface area contributed by atoms with Gasteiger partial charge in [-0.15, -0.1) is 0 Å². The number of sulfonamides is 1. The molecule has 0 fully saturated rings. The van der Waals surface area contributed by atoms with Crippen LogP contribution in [0.5, 0.6) is 0 Å². The van der Waals surface area contributed by atoms with Gasteiger partial charge in [-0.3, -0.25) is 9.10 Å². The van der Waals surface area contributed by atoms with Crippen LogP contribution in [0.3, 0.4) is 0 Å². The van der Waals surface area contributed by atoms with E-state index in [4.69, 9.17) is 10.00 Å². The van der Waals surface area contributed by atoms with Crippen LogP contribution in [0, 0.1) is 11.3 Å². The van der Waals surface area contributed by atoms with E-state index in [-0.39, 0.29) is 16.0 Å². The van der Waals surface area contributed by atoms with Gasteiger partial charge in [0.2, 0.25) is 0 Å². The molecule has 3 aromatic rings. The molecule has 33 heavy (non-hydrogen) atoms. The van der Waals surface area contributed by atoms with Crippen molar-refractivity contribution in [2.45, 2.75) is 11.3 Å². The van der Waals surface area contributed by atoms with Gasteiger partial charge in [-0.1, -0.05) is 36.4 Å². The van der Waals surface area contributed by atoms with Gasteiger partial charge in [-0.05, 0) is 48.4 Å². The maximum Gasteiger partial charge on any atom is 0.338 e. The molecule has 1 aliphatic rings. The van der Waals surface area contributed by atoms with Crippen LogP contribution in [0.25, 0.3) is 0 Å². The first-order valence-corrected chi connectivity index (χ1v) is 11.5. The van der Waals surface area contributed by atoms with Crippen LogP contribution in [-0.2, 0) is 26.0 Å². The second-order valence-electron chi connectivity index (χ2n) is 7.27.